The lowest BCUT2D eigenvalue weighted by Crippen LogP contribution is -2.33. The molecule has 0 aromatic carbocycles. The molecule has 2 unspecified atom stereocenters. The number of amides is 1. The van der Waals surface area contributed by atoms with Crippen LogP contribution in [0.15, 0.2) is 0 Å². The van der Waals surface area contributed by atoms with Crippen LogP contribution in [0, 0.1) is 0 Å². The number of carbonyl (C=O) groups excluding carboxylic acids is 1. The summed E-state index contributed by atoms with van der Waals surface area (Å²) in [7, 11) is 0. The van der Waals surface area contributed by atoms with Crippen LogP contribution in [-0.4, -0.2) is 50.9 Å². The SMILES string of the molecule is CCCc1nc(C(=O)NCC2CCC(C(=O)O)O2)n[nH]1. The Balaban J connectivity index is 1.79. The number of carbonyl (C=O) groups is 2. The zero-order valence-corrected chi connectivity index (χ0v) is 11.3. The third kappa shape index (κ3) is 3.53. The summed E-state index contributed by atoms with van der Waals surface area (Å²) in [5.41, 5.74) is 0. The van der Waals surface area contributed by atoms with E-state index in [1.165, 1.54) is 0 Å². The minimum absolute atomic E-state index is 0.0984. The van der Waals surface area contributed by atoms with Crippen LogP contribution in [0.25, 0.3) is 0 Å². The number of aliphatic carboxylic acids is 1. The van der Waals surface area contributed by atoms with Crippen LogP contribution in [0.1, 0.15) is 42.6 Å². The molecular formula is C12H18N4O4. The van der Waals surface area contributed by atoms with E-state index in [-0.39, 0.29) is 24.4 Å². The molecule has 1 amide bonds. The average molecular weight is 282 g/mol. The second-order valence-electron chi connectivity index (χ2n) is 4.73. The lowest BCUT2D eigenvalue weighted by atomic mass is 10.2. The van der Waals surface area contributed by atoms with Gasteiger partial charge in [-0.3, -0.25) is 9.89 Å². The van der Waals surface area contributed by atoms with Gasteiger partial charge >= 0.3 is 5.97 Å². The normalized spacial score (nSPS) is 21.9. The van der Waals surface area contributed by atoms with Gasteiger partial charge in [-0.1, -0.05) is 6.92 Å². The summed E-state index contributed by atoms with van der Waals surface area (Å²) < 4.78 is 5.29. The fraction of sp³-hybridized carbons (Fsp3) is 0.667. The van der Waals surface area contributed by atoms with Crippen LogP contribution >= 0.6 is 0 Å². The van der Waals surface area contributed by atoms with Crippen molar-refractivity contribution >= 4 is 11.9 Å². The second-order valence-corrected chi connectivity index (χ2v) is 4.73. The minimum Gasteiger partial charge on any atom is -0.479 e. The minimum atomic E-state index is -0.961. The number of rotatable bonds is 6. The summed E-state index contributed by atoms with van der Waals surface area (Å²) in [5, 5.41) is 18.0. The summed E-state index contributed by atoms with van der Waals surface area (Å²) >= 11 is 0. The molecule has 0 spiro atoms. The van der Waals surface area contributed by atoms with Crippen molar-refractivity contribution < 1.29 is 19.4 Å². The number of aryl methyl sites for hydroxylation is 1. The number of H-pyrrole nitrogens is 1. The largest absolute Gasteiger partial charge is 0.479 e. The summed E-state index contributed by atoms with van der Waals surface area (Å²) in [6.45, 7) is 2.28. The first-order valence-electron chi connectivity index (χ1n) is 6.68. The molecule has 2 rings (SSSR count). The molecule has 1 fully saturated rings. The predicted molar refractivity (Wildman–Crippen MR) is 68.2 cm³/mol. The molecule has 1 aliphatic heterocycles. The lowest BCUT2D eigenvalue weighted by Gasteiger charge is -2.11. The maximum absolute atomic E-state index is 11.8. The number of aromatic amines is 1. The molecule has 0 radical (unpaired) electrons. The molecule has 1 aliphatic rings. The van der Waals surface area contributed by atoms with Gasteiger partial charge in [0.2, 0.25) is 5.82 Å². The van der Waals surface area contributed by atoms with E-state index in [0.29, 0.717) is 18.7 Å². The summed E-state index contributed by atoms with van der Waals surface area (Å²) in [5.74, 6) is -0.565. The van der Waals surface area contributed by atoms with Gasteiger partial charge in [-0.15, -0.1) is 5.10 Å². The first kappa shape index (κ1) is 14.4. The Hall–Kier alpha value is -1.96. The van der Waals surface area contributed by atoms with Gasteiger partial charge in [-0.05, 0) is 19.3 Å². The molecule has 1 aromatic heterocycles. The van der Waals surface area contributed by atoms with Gasteiger partial charge in [0.05, 0.1) is 6.10 Å². The van der Waals surface area contributed by atoms with E-state index in [9.17, 15) is 9.59 Å². The van der Waals surface area contributed by atoms with Gasteiger partial charge in [0, 0.05) is 13.0 Å². The Morgan fingerprint density at radius 1 is 1.50 bits per heavy atom. The van der Waals surface area contributed by atoms with E-state index in [1.807, 2.05) is 6.92 Å². The van der Waals surface area contributed by atoms with Crippen LogP contribution in [0.5, 0.6) is 0 Å². The highest BCUT2D eigenvalue weighted by Gasteiger charge is 2.30. The molecule has 1 saturated heterocycles. The van der Waals surface area contributed by atoms with Crippen molar-refractivity contribution in [2.45, 2.75) is 44.8 Å². The third-order valence-corrected chi connectivity index (χ3v) is 3.09. The number of carboxylic acid groups (broad SMARTS) is 1. The molecule has 110 valence electrons. The third-order valence-electron chi connectivity index (χ3n) is 3.09. The van der Waals surface area contributed by atoms with Gasteiger partial charge in [-0.25, -0.2) is 9.78 Å². The summed E-state index contributed by atoms with van der Waals surface area (Å²) in [4.78, 5) is 26.6. The Morgan fingerprint density at radius 2 is 2.30 bits per heavy atom. The maximum atomic E-state index is 11.8. The number of hydrogen-bond donors (Lipinski definition) is 3. The van der Waals surface area contributed by atoms with Gasteiger partial charge in [0.25, 0.3) is 5.91 Å². The fourth-order valence-electron chi connectivity index (χ4n) is 2.07. The average Bonchev–Trinajstić information content (AvgIpc) is 3.05. The van der Waals surface area contributed by atoms with Crippen molar-refractivity contribution in [3.63, 3.8) is 0 Å². The van der Waals surface area contributed by atoms with Gasteiger partial charge < -0.3 is 15.2 Å². The highest BCUT2D eigenvalue weighted by Crippen LogP contribution is 2.19. The van der Waals surface area contributed by atoms with E-state index >= 15 is 0 Å². The molecule has 3 N–H and O–H groups in total. The number of carboxylic acids is 1. The quantitative estimate of drug-likeness (QED) is 0.682. The van der Waals surface area contributed by atoms with Crippen molar-refractivity contribution in [1.82, 2.24) is 20.5 Å². The van der Waals surface area contributed by atoms with Crippen molar-refractivity contribution in [1.29, 1.82) is 0 Å². The Bertz CT molecular complexity index is 488. The Kier molecular flexibility index (Phi) is 4.67. The zero-order valence-electron chi connectivity index (χ0n) is 11.3. The maximum Gasteiger partial charge on any atom is 0.332 e. The zero-order chi connectivity index (χ0) is 14.5. The number of nitrogens with one attached hydrogen (secondary N) is 2. The Labute approximate surface area is 115 Å². The molecular weight excluding hydrogens is 264 g/mol. The van der Waals surface area contributed by atoms with Crippen LogP contribution in [0.4, 0.5) is 0 Å². The topological polar surface area (TPSA) is 117 Å². The van der Waals surface area contributed by atoms with E-state index < -0.39 is 12.1 Å². The van der Waals surface area contributed by atoms with Crippen LogP contribution in [0.3, 0.4) is 0 Å². The van der Waals surface area contributed by atoms with Crippen molar-refractivity contribution in [2.75, 3.05) is 6.54 Å². The number of ether oxygens (including phenoxy) is 1. The molecule has 0 bridgehead atoms. The van der Waals surface area contributed by atoms with E-state index in [1.54, 1.807) is 0 Å². The summed E-state index contributed by atoms with van der Waals surface area (Å²) in [6, 6.07) is 0. The van der Waals surface area contributed by atoms with E-state index in [4.69, 9.17) is 9.84 Å². The molecule has 2 heterocycles. The lowest BCUT2D eigenvalue weighted by molar-refractivity contribution is -0.149. The Morgan fingerprint density at radius 3 is 2.95 bits per heavy atom. The molecule has 2 atom stereocenters. The standard InChI is InChI=1S/C12H18N4O4/c1-2-3-9-14-10(16-15-9)11(17)13-6-7-4-5-8(20-7)12(18)19/h7-8H,2-6H2,1H3,(H,13,17)(H,18,19)(H,14,15,16). The number of nitrogens with zero attached hydrogens (tertiary/aromatic N) is 2. The number of aromatic nitrogens is 3. The van der Waals surface area contributed by atoms with Crippen molar-refractivity contribution in [2.24, 2.45) is 0 Å². The van der Waals surface area contributed by atoms with Crippen molar-refractivity contribution in [3.05, 3.63) is 11.6 Å². The van der Waals surface area contributed by atoms with E-state index in [2.05, 4.69) is 20.5 Å². The molecule has 0 saturated carbocycles. The fourth-order valence-corrected chi connectivity index (χ4v) is 2.07. The van der Waals surface area contributed by atoms with Crippen LogP contribution < -0.4 is 5.32 Å². The molecule has 8 nitrogen and oxygen atoms in total. The molecule has 8 heteroatoms. The highest BCUT2D eigenvalue weighted by molar-refractivity contribution is 5.90. The second kappa shape index (κ2) is 6.47. The van der Waals surface area contributed by atoms with Crippen LogP contribution in [0.2, 0.25) is 0 Å². The van der Waals surface area contributed by atoms with Gasteiger partial charge in [-0.2, -0.15) is 0 Å². The summed E-state index contributed by atoms with van der Waals surface area (Å²) in [6.07, 6.45) is 1.71. The van der Waals surface area contributed by atoms with Gasteiger partial charge in [0.1, 0.15) is 5.82 Å². The van der Waals surface area contributed by atoms with Crippen molar-refractivity contribution in [3.8, 4) is 0 Å². The monoisotopic (exact) mass is 282 g/mol. The molecule has 0 aliphatic carbocycles. The smallest absolute Gasteiger partial charge is 0.332 e. The first-order valence-corrected chi connectivity index (χ1v) is 6.68. The van der Waals surface area contributed by atoms with Gasteiger partial charge in [0.15, 0.2) is 6.10 Å². The molecule has 1 aromatic rings. The first-order chi connectivity index (χ1) is 9.60. The number of hydrogen-bond acceptors (Lipinski definition) is 5. The van der Waals surface area contributed by atoms with Crippen LogP contribution in [-0.2, 0) is 16.0 Å². The predicted octanol–water partition coefficient (Wildman–Crippen LogP) is 0.119. The highest BCUT2D eigenvalue weighted by atomic mass is 16.5. The molecule has 20 heavy (non-hydrogen) atoms. The van der Waals surface area contributed by atoms with E-state index in [0.717, 1.165) is 12.8 Å².